The Morgan fingerprint density at radius 2 is 1.54 bits per heavy atom. The zero-order chi connectivity index (χ0) is 37.9. The molecule has 2 aliphatic heterocycles. The number of phenolic OH excluding ortho intramolecular Hbond substituents is 1. The van der Waals surface area contributed by atoms with Crippen LogP contribution in [0.25, 0.3) is 22.3 Å². The third-order valence-corrected chi connectivity index (χ3v) is 7.54. The quantitative estimate of drug-likeness (QED) is 0.222. The summed E-state index contributed by atoms with van der Waals surface area (Å²) in [5.74, 6) is -4.20. The topological polar surface area (TPSA) is 211 Å². The van der Waals surface area contributed by atoms with Gasteiger partial charge in [0.15, 0.2) is 41.0 Å². The lowest BCUT2D eigenvalue weighted by atomic mass is 9.97. The number of methoxy groups -OCH3 is 2. The lowest BCUT2D eigenvalue weighted by molar-refractivity contribution is -0.282. The van der Waals surface area contributed by atoms with E-state index in [-0.39, 0.29) is 51.9 Å². The van der Waals surface area contributed by atoms with Crippen molar-refractivity contribution in [2.45, 2.75) is 71.1 Å². The van der Waals surface area contributed by atoms with Gasteiger partial charge in [0.1, 0.15) is 41.1 Å². The van der Waals surface area contributed by atoms with Crippen LogP contribution in [0, 0.1) is 0 Å². The van der Waals surface area contributed by atoms with E-state index >= 15 is 0 Å². The van der Waals surface area contributed by atoms with Crippen molar-refractivity contribution < 1.29 is 76.1 Å². The fourth-order valence-electron chi connectivity index (χ4n) is 5.48. The van der Waals surface area contributed by atoms with E-state index < -0.39 is 65.8 Å². The second-order valence-electron chi connectivity index (χ2n) is 11.9. The Labute approximate surface area is 295 Å². The van der Waals surface area contributed by atoms with E-state index in [4.69, 9.17) is 51.8 Å². The van der Waals surface area contributed by atoms with Gasteiger partial charge in [-0.3, -0.25) is 19.2 Å². The van der Waals surface area contributed by atoms with Gasteiger partial charge in [-0.25, -0.2) is 4.79 Å². The molecule has 17 heteroatoms. The molecule has 5 atom stereocenters. The maximum Gasteiger partial charge on any atom is 0.339 e. The van der Waals surface area contributed by atoms with E-state index in [1.807, 2.05) is 0 Å². The van der Waals surface area contributed by atoms with Crippen LogP contribution in [0.1, 0.15) is 34.6 Å². The molecular formula is C35H36O17. The van der Waals surface area contributed by atoms with Gasteiger partial charge in [0.2, 0.25) is 18.2 Å². The maximum atomic E-state index is 13.2. The number of phenols is 1. The summed E-state index contributed by atoms with van der Waals surface area (Å²) in [6, 6.07) is 8.25. The molecule has 1 N–H and O–H groups in total. The minimum atomic E-state index is -1.71. The monoisotopic (exact) mass is 728 g/mol. The molecule has 0 bridgehead atoms. The molecule has 2 aliphatic rings. The van der Waals surface area contributed by atoms with Gasteiger partial charge >= 0.3 is 23.9 Å². The highest BCUT2D eigenvalue weighted by Crippen LogP contribution is 2.38. The standard InChI is InChI=1S/C35H36O17/c1-16(36)46-29-30(47-17(2)37)32(48-18(3)38)34(51-31(29)33(41)43-7)50-26-10-19(8-9-24(26)42-6)25-13-23(40)28-22(39)11-20(12-27(28)49-25)44-14-21-15-45-35(4,5)52-21/h8-13,15,29-32,34,39H,14H2,1-7H3. The number of aromatic hydroxyl groups is 1. The summed E-state index contributed by atoms with van der Waals surface area (Å²) in [5.41, 5.74) is -0.327. The Morgan fingerprint density at radius 3 is 2.15 bits per heavy atom. The van der Waals surface area contributed by atoms with Crippen LogP contribution in [0.5, 0.6) is 23.0 Å². The number of carbonyl (C=O) groups excluding carboxylic acids is 4. The van der Waals surface area contributed by atoms with Crippen molar-refractivity contribution in [3.8, 4) is 34.3 Å². The molecule has 1 aromatic heterocycles. The molecule has 0 aliphatic carbocycles. The molecule has 2 aromatic carbocycles. The van der Waals surface area contributed by atoms with E-state index in [2.05, 4.69) is 0 Å². The average molecular weight is 729 g/mol. The molecular weight excluding hydrogens is 692 g/mol. The molecule has 1 saturated heterocycles. The fourth-order valence-corrected chi connectivity index (χ4v) is 5.48. The second kappa shape index (κ2) is 15.1. The van der Waals surface area contributed by atoms with Gasteiger partial charge in [0.25, 0.3) is 0 Å². The Kier molecular flexibility index (Phi) is 10.8. The van der Waals surface area contributed by atoms with Crippen molar-refractivity contribution in [1.82, 2.24) is 0 Å². The van der Waals surface area contributed by atoms with Gasteiger partial charge in [-0.05, 0) is 18.2 Å². The first-order valence-corrected chi connectivity index (χ1v) is 15.7. The smallest absolute Gasteiger partial charge is 0.339 e. The molecule has 0 amide bonds. The molecule has 278 valence electrons. The van der Waals surface area contributed by atoms with Crippen molar-refractivity contribution in [3.05, 3.63) is 58.6 Å². The number of esters is 4. The summed E-state index contributed by atoms with van der Waals surface area (Å²) in [5, 5.41) is 10.6. The van der Waals surface area contributed by atoms with Crippen molar-refractivity contribution >= 4 is 34.8 Å². The van der Waals surface area contributed by atoms with Crippen LogP contribution in [-0.4, -0.2) is 86.3 Å². The number of ether oxygens (including phenoxy) is 10. The molecule has 5 rings (SSSR count). The van der Waals surface area contributed by atoms with Crippen molar-refractivity contribution in [2.75, 3.05) is 20.8 Å². The minimum Gasteiger partial charge on any atom is -0.507 e. The van der Waals surface area contributed by atoms with Crippen molar-refractivity contribution in [3.63, 3.8) is 0 Å². The number of hydrogen-bond donors (Lipinski definition) is 1. The lowest BCUT2D eigenvalue weighted by Gasteiger charge is -2.43. The van der Waals surface area contributed by atoms with Crippen LogP contribution in [0.2, 0.25) is 0 Å². The first kappa shape index (κ1) is 37.3. The van der Waals surface area contributed by atoms with Gasteiger partial charge in [-0.15, -0.1) is 0 Å². The molecule has 52 heavy (non-hydrogen) atoms. The molecule has 0 spiro atoms. The Bertz CT molecular complexity index is 1960. The van der Waals surface area contributed by atoms with E-state index in [1.54, 1.807) is 19.9 Å². The average Bonchev–Trinajstić information content (AvgIpc) is 3.42. The Morgan fingerprint density at radius 1 is 0.865 bits per heavy atom. The van der Waals surface area contributed by atoms with E-state index in [0.717, 1.165) is 33.9 Å². The highest BCUT2D eigenvalue weighted by atomic mass is 16.7. The van der Waals surface area contributed by atoms with Gasteiger partial charge in [-0.2, -0.15) is 0 Å². The van der Waals surface area contributed by atoms with Crippen LogP contribution in [0.4, 0.5) is 0 Å². The minimum absolute atomic E-state index is 0.0131. The van der Waals surface area contributed by atoms with Gasteiger partial charge in [0, 0.05) is 58.4 Å². The summed E-state index contributed by atoms with van der Waals surface area (Å²) in [6.45, 7) is 6.60. The van der Waals surface area contributed by atoms with Crippen molar-refractivity contribution in [1.29, 1.82) is 0 Å². The third-order valence-electron chi connectivity index (χ3n) is 7.54. The highest BCUT2D eigenvalue weighted by molar-refractivity contribution is 5.86. The summed E-state index contributed by atoms with van der Waals surface area (Å²) in [4.78, 5) is 62.5. The number of fused-ring (bicyclic) bond motifs is 1. The maximum absolute atomic E-state index is 13.2. The lowest BCUT2D eigenvalue weighted by Crippen LogP contribution is -2.64. The number of rotatable bonds is 11. The molecule has 3 heterocycles. The normalized spacial score (nSPS) is 21.8. The van der Waals surface area contributed by atoms with E-state index in [1.165, 1.54) is 37.6 Å². The van der Waals surface area contributed by atoms with Crippen LogP contribution in [0.15, 0.2) is 57.6 Å². The van der Waals surface area contributed by atoms with Gasteiger partial charge in [0.05, 0.1) is 14.2 Å². The zero-order valence-corrected chi connectivity index (χ0v) is 29.1. The number of benzene rings is 2. The Hall–Kier alpha value is -5.97. The highest BCUT2D eigenvalue weighted by Gasteiger charge is 2.56. The van der Waals surface area contributed by atoms with Crippen LogP contribution >= 0.6 is 0 Å². The van der Waals surface area contributed by atoms with Gasteiger partial charge in [-0.1, -0.05) is 0 Å². The molecule has 5 unspecified atom stereocenters. The summed E-state index contributed by atoms with van der Waals surface area (Å²) >= 11 is 0. The van der Waals surface area contributed by atoms with Crippen LogP contribution in [-0.2, 0) is 52.3 Å². The number of carbonyl (C=O) groups is 4. The summed E-state index contributed by atoms with van der Waals surface area (Å²) < 4.78 is 61.2. The molecule has 3 aromatic rings. The van der Waals surface area contributed by atoms with Gasteiger partial charge < -0.3 is 56.9 Å². The fraction of sp³-hybridized carbons (Fsp3) is 0.400. The molecule has 17 nitrogen and oxygen atoms in total. The molecule has 0 radical (unpaired) electrons. The summed E-state index contributed by atoms with van der Waals surface area (Å²) in [6.07, 6.45) is -6.78. The van der Waals surface area contributed by atoms with E-state index in [9.17, 15) is 29.1 Å². The third kappa shape index (κ3) is 8.31. The summed E-state index contributed by atoms with van der Waals surface area (Å²) in [7, 11) is 2.39. The first-order chi connectivity index (χ1) is 24.6. The Balaban J connectivity index is 1.51. The number of hydrogen-bond acceptors (Lipinski definition) is 17. The predicted molar refractivity (Wildman–Crippen MR) is 174 cm³/mol. The molecule has 0 saturated carbocycles. The van der Waals surface area contributed by atoms with Crippen molar-refractivity contribution in [2.24, 2.45) is 0 Å². The van der Waals surface area contributed by atoms with Crippen LogP contribution < -0.4 is 19.6 Å². The predicted octanol–water partition coefficient (Wildman–Crippen LogP) is 3.25. The largest absolute Gasteiger partial charge is 0.507 e. The van der Waals surface area contributed by atoms with E-state index in [0.29, 0.717) is 5.76 Å². The van der Waals surface area contributed by atoms with Crippen LogP contribution in [0.3, 0.4) is 0 Å². The molecule has 1 fully saturated rings. The second-order valence-corrected chi connectivity index (χ2v) is 11.9. The first-order valence-electron chi connectivity index (χ1n) is 15.7. The SMILES string of the molecule is COC(=O)C1OC(Oc2cc(-c3cc(=O)c4c(O)cc(OCC5=COC(C)(C)O5)cc4o3)ccc2OC)C(OC(C)=O)C(OC(C)=O)C1OC(C)=O. The zero-order valence-electron chi connectivity index (χ0n) is 29.1.